The van der Waals surface area contributed by atoms with Crippen LogP contribution in [0.5, 0.6) is 11.5 Å². The van der Waals surface area contributed by atoms with Crippen LogP contribution < -0.4 is 20.3 Å². The fourth-order valence-corrected chi connectivity index (χ4v) is 3.32. The van der Waals surface area contributed by atoms with Crippen molar-refractivity contribution < 1.29 is 9.47 Å². The molecule has 0 fully saturated rings. The lowest BCUT2D eigenvalue weighted by Gasteiger charge is -2.13. The van der Waals surface area contributed by atoms with E-state index < -0.39 is 0 Å². The summed E-state index contributed by atoms with van der Waals surface area (Å²) in [4.78, 5) is 27.0. The van der Waals surface area contributed by atoms with Crippen LogP contribution >= 0.6 is 0 Å². The molecule has 0 bridgehead atoms. The number of methoxy groups -OCH3 is 2. The van der Waals surface area contributed by atoms with Gasteiger partial charge in [0.25, 0.3) is 5.56 Å². The summed E-state index contributed by atoms with van der Waals surface area (Å²) >= 11 is 0. The van der Waals surface area contributed by atoms with E-state index >= 15 is 0 Å². The molecule has 8 heteroatoms. The van der Waals surface area contributed by atoms with Crippen LogP contribution in [0.1, 0.15) is 12.5 Å². The van der Waals surface area contributed by atoms with Gasteiger partial charge in [0.2, 0.25) is 5.95 Å². The number of ether oxygens (including phenoxy) is 2. The molecule has 31 heavy (non-hydrogen) atoms. The summed E-state index contributed by atoms with van der Waals surface area (Å²) in [5.41, 5.74) is 2.71. The van der Waals surface area contributed by atoms with Gasteiger partial charge in [-0.1, -0.05) is 12.1 Å². The molecular weight excluding hydrogens is 394 g/mol. The molecule has 0 unspecified atom stereocenters. The topological polar surface area (TPSA) is 91.2 Å². The number of fused-ring (bicyclic) bond motifs is 1. The third kappa shape index (κ3) is 4.18. The normalized spacial score (nSPS) is 10.8. The minimum atomic E-state index is -0.235. The van der Waals surface area contributed by atoms with Gasteiger partial charge >= 0.3 is 0 Å². The van der Waals surface area contributed by atoms with Crippen LogP contribution in [0.25, 0.3) is 22.4 Å². The average molecular weight is 417 g/mol. The standard InChI is InChI=1S/C23H23N5O3/c1-4-24-23-25-13-19-21(27-23)28(14-15-6-5-7-18(12-15)31-3)22(29)20(26-19)16-8-10-17(30-2)11-9-16/h5-13H,4,14H2,1-3H3,(H,24,25,27). The highest BCUT2D eigenvalue weighted by molar-refractivity contribution is 5.75. The number of anilines is 1. The Labute approximate surface area is 179 Å². The molecule has 0 radical (unpaired) electrons. The van der Waals surface area contributed by atoms with Crippen LogP contribution in [-0.4, -0.2) is 40.3 Å². The molecule has 0 aliphatic heterocycles. The van der Waals surface area contributed by atoms with Crippen molar-refractivity contribution in [1.82, 2.24) is 19.5 Å². The zero-order chi connectivity index (χ0) is 21.8. The largest absolute Gasteiger partial charge is 0.497 e. The highest BCUT2D eigenvalue weighted by atomic mass is 16.5. The minimum absolute atomic E-state index is 0.235. The third-order valence-corrected chi connectivity index (χ3v) is 4.86. The molecule has 0 saturated carbocycles. The van der Waals surface area contributed by atoms with Crippen LogP contribution in [-0.2, 0) is 6.54 Å². The molecule has 158 valence electrons. The first-order chi connectivity index (χ1) is 15.1. The van der Waals surface area contributed by atoms with E-state index in [1.165, 1.54) is 0 Å². The van der Waals surface area contributed by atoms with Gasteiger partial charge in [0.15, 0.2) is 5.65 Å². The first-order valence-corrected chi connectivity index (χ1v) is 9.91. The van der Waals surface area contributed by atoms with Crippen molar-refractivity contribution in [2.45, 2.75) is 13.5 Å². The van der Waals surface area contributed by atoms with E-state index in [0.29, 0.717) is 47.2 Å². The molecule has 2 aromatic heterocycles. The lowest BCUT2D eigenvalue weighted by molar-refractivity contribution is 0.414. The van der Waals surface area contributed by atoms with Crippen molar-refractivity contribution in [3.63, 3.8) is 0 Å². The quantitative estimate of drug-likeness (QED) is 0.493. The summed E-state index contributed by atoms with van der Waals surface area (Å²) in [6.45, 7) is 2.95. The van der Waals surface area contributed by atoms with Gasteiger partial charge in [-0.3, -0.25) is 9.36 Å². The fraction of sp³-hybridized carbons (Fsp3) is 0.217. The first kappa shape index (κ1) is 20.3. The van der Waals surface area contributed by atoms with Crippen LogP contribution in [0.2, 0.25) is 0 Å². The van der Waals surface area contributed by atoms with Gasteiger partial charge in [0.1, 0.15) is 22.7 Å². The van der Waals surface area contributed by atoms with Gasteiger partial charge in [-0.05, 0) is 48.9 Å². The predicted octanol–water partition coefficient (Wildman–Crippen LogP) is 3.35. The molecule has 4 aromatic rings. The summed E-state index contributed by atoms with van der Waals surface area (Å²) < 4.78 is 12.2. The Morgan fingerprint density at radius 3 is 2.48 bits per heavy atom. The molecule has 2 aromatic carbocycles. The van der Waals surface area contributed by atoms with Crippen molar-refractivity contribution in [2.75, 3.05) is 26.1 Å². The second-order valence-corrected chi connectivity index (χ2v) is 6.86. The molecule has 0 aliphatic rings. The summed E-state index contributed by atoms with van der Waals surface area (Å²) in [7, 11) is 3.22. The molecule has 0 atom stereocenters. The van der Waals surface area contributed by atoms with E-state index in [4.69, 9.17) is 9.47 Å². The van der Waals surface area contributed by atoms with Gasteiger partial charge in [-0.2, -0.15) is 4.98 Å². The van der Waals surface area contributed by atoms with Crippen LogP contribution in [0.15, 0.2) is 59.5 Å². The zero-order valence-electron chi connectivity index (χ0n) is 17.6. The molecule has 0 saturated heterocycles. The summed E-state index contributed by atoms with van der Waals surface area (Å²) in [5, 5.41) is 3.09. The van der Waals surface area contributed by atoms with E-state index in [9.17, 15) is 4.79 Å². The highest BCUT2D eigenvalue weighted by Gasteiger charge is 2.16. The number of benzene rings is 2. The minimum Gasteiger partial charge on any atom is -0.497 e. The summed E-state index contributed by atoms with van der Waals surface area (Å²) in [5.74, 6) is 1.88. The van der Waals surface area contributed by atoms with Gasteiger partial charge < -0.3 is 14.8 Å². The van der Waals surface area contributed by atoms with E-state index in [1.807, 2.05) is 43.3 Å². The van der Waals surface area contributed by atoms with Crippen LogP contribution in [0, 0.1) is 0 Å². The maximum Gasteiger partial charge on any atom is 0.279 e. The van der Waals surface area contributed by atoms with E-state index in [1.54, 1.807) is 37.1 Å². The van der Waals surface area contributed by atoms with Gasteiger partial charge in [0.05, 0.1) is 27.0 Å². The summed E-state index contributed by atoms with van der Waals surface area (Å²) in [6.07, 6.45) is 1.63. The van der Waals surface area contributed by atoms with Crippen molar-refractivity contribution >= 4 is 17.1 Å². The Hall–Kier alpha value is -3.94. The maximum atomic E-state index is 13.5. The zero-order valence-corrected chi connectivity index (χ0v) is 17.6. The second-order valence-electron chi connectivity index (χ2n) is 6.86. The number of nitrogens with one attached hydrogen (secondary N) is 1. The Balaban J connectivity index is 1.91. The first-order valence-electron chi connectivity index (χ1n) is 9.91. The molecule has 8 nitrogen and oxygen atoms in total. The van der Waals surface area contributed by atoms with Crippen LogP contribution in [0.4, 0.5) is 5.95 Å². The lowest BCUT2D eigenvalue weighted by Crippen LogP contribution is -2.25. The molecule has 1 N–H and O–H groups in total. The van der Waals surface area contributed by atoms with Gasteiger partial charge in [-0.25, -0.2) is 9.97 Å². The molecule has 4 rings (SSSR count). The second kappa shape index (κ2) is 8.83. The highest BCUT2D eigenvalue weighted by Crippen LogP contribution is 2.21. The fourth-order valence-electron chi connectivity index (χ4n) is 3.32. The monoisotopic (exact) mass is 417 g/mol. The number of hydrogen-bond acceptors (Lipinski definition) is 7. The number of rotatable bonds is 7. The molecule has 0 amide bonds. The number of aromatic nitrogens is 4. The Kier molecular flexibility index (Phi) is 5.79. The molecule has 0 spiro atoms. The van der Waals surface area contributed by atoms with E-state index in [-0.39, 0.29) is 5.56 Å². The van der Waals surface area contributed by atoms with Crippen molar-refractivity contribution in [2.24, 2.45) is 0 Å². The lowest BCUT2D eigenvalue weighted by atomic mass is 10.1. The van der Waals surface area contributed by atoms with Gasteiger partial charge in [-0.15, -0.1) is 0 Å². The Morgan fingerprint density at radius 2 is 1.77 bits per heavy atom. The van der Waals surface area contributed by atoms with Crippen molar-refractivity contribution in [3.8, 4) is 22.8 Å². The summed E-state index contributed by atoms with van der Waals surface area (Å²) in [6, 6.07) is 14.8. The number of nitrogens with zero attached hydrogens (tertiary/aromatic N) is 4. The SMILES string of the molecule is CCNc1ncc2nc(-c3ccc(OC)cc3)c(=O)n(Cc3cccc(OC)c3)c2n1. The van der Waals surface area contributed by atoms with E-state index in [2.05, 4.69) is 20.3 Å². The Bertz CT molecular complexity index is 1270. The van der Waals surface area contributed by atoms with Crippen LogP contribution in [0.3, 0.4) is 0 Å². The molecule has 0 aliphatic carbocycles. The maximum absolute atomic E-state index is 13.5. The van der Waals surface area contributed by atoms with Crippen molar-refractivity contribution in [1.29, 1.82) is 0 Å². The average Bonchev–Trinajstić information content (AvgIpc) is 2.81. The van der Waals surface area contributed by atoms with Crippen molar-refractivity contribution in [3.05, 3.63) is 70.6 Å². The molecular formula is C23H23N5O3. The molecule has 2 heterocycles. The third-order valence-electron chi connectivity index (χ3n) is 4.86. The van der Waals surface area contributed by atoms with E-state index in [0.717, 1.165) is 11.3 Å². The number of hydrogen-bond donors (Lipinski definition) is 1. The predicted molar refractivity (Wildman–Crippen MR) is 120 cm³/mol. The smallest absolute Gasteiger partial charge is 0.279 e. The van der Waals surface area contributed by atoms with Gasteiger partial charge in [0, 0.05) is 12.1 Å². The Morgan fingerprint density at radius 1 is 1.00 bits per heavy atom.